The first-order valence-corrected chi connectivity index (χ1v) is 10.6. The molecular weight excluding hydrogens is 383 g/mol. The lowest BCUT2D eigenvalue weighted by molar-refractivity contribution is -0.268. The van der Waals surface area contributed by atoms with E-state index in [-0.39, 0.29) is 16.4 Å². The molecule has 1 aromatic rings. The van der Waals surface area contributed by atoms with Crippen molar-refractivity contribution in [3.8, 4) is 0 Å². The lowest BCUT2D eigenvalue weighted by atomic mass is 9.76. The molecule has 1 unspecified atom stereocenters. The second-order valence-corrected chi connectivity index (χ2v) is 9.65. The maximum absolute atomic E-state index is 12.7. The van der Waals surface area contributed by atoms with Crippen LogP contribution in [0.4, 0.5) is 10.5 Å². The zero-order valence-corrected chi connectivity index (χ0v) is 19.3. The van der Waals surface area contributed by atoms with Gasteiger partial charge in [-0.1, -0.05) is 12.1 Å². The van der Waals surface area contributed by atoms with Gasteiger partial charge in [-0.05, 0) is 53.1 Å². The first-order chi connectivity index (χ1) is 13.8. The summed E-state index contributed by atoms with van der Waals surface area (Å²) in [6.45, 7) is 13.7. The minimum Gasteiger partial charge on any atom is -0.530 e. The van der Waals surface area contributed by atoms with Crippen LogP contribution in [0, 0.1) is 0 Å². The number of carboxylic acid groups (broad SMARTS) is 1. The summed E-state index contributed by atoms with van der Waals surface area (Å²) in [6, 6.07) is 5.32. The molecule has 7 nitrogen and oxygen atoms in total. The number of benzene rings is 1. The highest BCUT2D eigenvalue weighted by molar-refractivity contribution is 6.62. The van der Waals surface area contributed by atoms with Gasteiger partial charge in [0.05, 0.1) is 37.3 Å². The normalized spacial score (nSPS) is 29.4. The first-order valence-electron chi connectivity index (χ1n) is 10.6. The van der Waals surface area contributed by atoms with E-state index in [9.17, 15) is 14.7 Å². The van der Waals surface area contributed by atoms with E-state index >= 15 is 0 Å². The van der Waals surface area contributed by atoms with Crippen molar-refractivity contribution in [1.29, 1.82) is 0 Å². The summed E-state index contributed by atoms with van der Waals surface area (Å²) in [6.07, 6.45) is -0.682. The van der Waals surface area contributed by atoms with Crippen LogP contribution in [0.2, 0.25) is 0 Å². The highest BCUT2D eigenvalue weighted by atomic mass is 16.7. The van der Waals surface area contributed by atoms with E-state index in [0.29, 0.717) is 13.0 Å². The van der Waals surface area contributed by atoms with E-state index in [4.69, 9.17) is 9.31 Å². The Hall–Kier alpha value is -1.90. The second kappa shape index (κ2) is 7.36. The van der Waals surface area contributed by atoms with E-state index in [1.807, 2.05) is 59.9 Å². The predicted octanol–water partition coefficient (Wildman–Crippen LogP) is 1.97. The molecule has 0 bridgehead atoms. The van der Waals surface area contributed by atoms with Crippen molar-refractivity contribution in [2.75, 3.05) is 13.6 Å². The summed E-state index contributed by atoms with van der Waals surface area (Å²) in [5, 5.41) is 11.8. The number of fused-ring (bicyclic) bond motifs is 1. The zero-order valence-electron chi connectivity index (χ0n) is 19.3. The number of nitrogens with zero attached hydrogens (tertiary/aromatic N) is 2. The van der Waals surface area contributed by atoms with Gasteiger partial charge in [0.25, 0.3) is 0 Å². The van der Waals surface area contributed by atoms with Crippen LogP contribution in [-0.4, -0.2) is 54.9 Å². The van der Waals surface area contributed by atoms with E-state index in [0.717, 1.165) is 16.7 Å². The van der Waals surface area contributed by atoms with Crippen LogP contribution >= 0.6 is 0 Å². The molecule has 0 aromatic heterocycles. The predicted molar refractivity (Wildman–Crippen MR) is 115 cm³/mol. The van der Waals surface area contributed by atoms with Crippen molar-refractivity contribution in [2.24, 2.45) is 0 Å². The Morgan fingerprint density at radius 3 is 2.27 bits per heavy atom. The van der Waals surface area contributed by atoms with Crippen LogP contribution in [0.5, 0.6) is 0 Å². The van der Waals surface area contributed by atoms with Crippen LogP contribution in [0.3, 0.4) is 0 Å². The Morgan fingerprint density at radius 2 is 1.80 bits per heavy atom. The first kappa shape index (κ1) is 22.8. The second-order valence-electron chi connectivity index (χ2n) is 9.65. The highest BCUT2D eigenvalue weighted by Crippen LogP contribution is 2.44. The number of carbonyl (C=O) groups is 2. The van der Waals surface area contributed by atoms with Gasteiger partial charge >= 0.3 is 13.0 Å². The van der Waals surface area contributed by atoms with Gasteiger partial charge < -0.3 is 24.1 Å². The lowest BCUT2D eigenvalue weighted by Gasteiger charge is -2.47. The van der Waals surface area contributed by atoms with Crippen LogP contribution < -0.4 is 15.1 Å². The summed E-state index contributed by atoms with van der Waals surface area (Å²) in [5.41, 5.74) is 1.48. The third kappa shape index (κ3) is 3.35. The summed E-state index contributed by atoms with van der Waals surface area (Å²) in [7, 11) is 1.33. The molecule has 1 fully saturated rings. The molecule has 0 aliphatic carbocycles. The molecule has 8 heteroatoms. The van der Waals surface area contributed by atoms with Crippen LogP contribution in [0.25, 0.3) is 0 Å². The van der Waals surface area contributed by atoms with Gasteiger partial charge in [0, 0.05) is 18.5 Å². The molecule has 2 heterocycles. The standard InChI is InChI=1S/C22H33BN2O5/c1-9-24(20(27)28)18-12-14(2)25(8,15(3)26)19-11-10-16(13-17(18)19)23-29-21(4,5)22(6,7)30-23/h10-11,13-14,18H,9,12H2,1-8H3/t14-,18?,25+/m0/s1. The maximum Gasteiger partial charge on any atom is 0.494 e. The maximum atomic E-state index is 12.7. The molecule has 30 heavy (non-hydrogen) atoms. The SMILES string of the molecule is CCN(C(=O)[O-])C1C[C@H](C)[N@+](C)(C(C)=O)c2ccc(B3OC(C)(C)C(C)(C)O3)cc21. The molecule has 0 radical (unpaired) electrons. The molecule has 3 atom stereocenters. The van der Waals surface area contributed by atoms with Crippen molar-refractivity contribution in [2.45, 2.75) is 78.2 Å². The molecule has 1 saturated heterocycles. The van der Waals surface area contributed by atoms with Crippen LogP contribution in [-0.2, 0) is 14.1 Å². The molecule has 2 amide bonds. The average Bonchev–Trinajstić information content (AvgIpc) is 2.86. The number of rotatable bonds is 3. The molecule has 0 saturated carbocycles. The molecule has 2 aliphatic rings. The molecule has 0 N–H and O–H groups in total. The summed E-state index contributed by atoms with van der Waals surface area (Å²) in [5.74, 6) is 0.0158. The third-order valence-electron chi connectivity index (χ3n) is 7.49. The lowest BCUT2D eigenvalue weighted by Crippen LogP contribution is -2.60. The quantitative estimate of drug-likeness (QED) is 0.556. The van der Waals surface area contributed by atoms with E-state index in [1.165, 1.54) is 4.90 Å². The van der Waals surface area contributed by atoms with Gasteiger partial charge in [-0.25, -0.2) is 9.28 Å². The Labute approximate surface area is 179 Å². The van der Waals surface area contributed by atoms with Crippen molar-refractivity contribution < 1.29 is 24.0 Å². The molecular formula is C22H33BN2O5. The summed E-state index contributed by atoms with van der Waals surface area (Å²) >= 11 is 0. The number of hydrogen-bond donors (Lipinski definition) is 0. The van der Waals surface area contributed by atoms with Crippen molar-refractivity contribution in [3.63, 3.8) is 0 Å². The number of hydrogen-bond acceptors (Lipinski definition) is 5. The van der Waals surface area contributed by atoms with E-state index < -0.39 is 30.5 Å². The van der Waals surface area contributed by atoms with E-state index in [2.05, 4.69) is 0 Å². The highest BCUT2D eigenvalue weighted by Gasteiger charge is 2.53. The summed E-state index contributed by atoms with van der Waals surface area (Å²) < 4.78 is 12.5. The number of quaternary nitrogens is 1. The fourth-order valence-electron chi connectivity index (χ4n) is 4.54. The monoisotopic (exact) mass is 416 g/mol. The Bertz CT molecular complexity index is 855. The summed E-state index contributed by atoms with van der Waals surface area (Å²) in [4.78, 5) is 25.9. The Balaban J connectivity index is 2.14. The molecule has 0 spiro atoms. The van der Waals surface area contributed by atoms with Gasteiger partial charge in [-0.2, -0.15) is 0 Å². The number of amides is 2. The van der Waals surface area contributed by atoms with Gasteiger partial charge in [-0.15, -0.1) is 0 Å². The van der Waals surface area contributed by atoms with Crippen molar-refractivity contribution >= 4 is 30.3 Å². The molecule has 164 valence electrons. The largest absolute Gasteiger partial charge is 0.530 e. The van der Waals surface area contributed by atoms with Gasteiger partial charge in [0.15, 0.2) is 0 Å². The topological polar surface area (TPSA) is 78.9 Å². The van der Waals surface area contributed by atoms with Crippen molar-refractivity contribution in [3.05, 3.63) is 23.8 Å². The fraction of sp³-hybridized carbons (Fsp3) is 0.636. The molecule has 2 aliphatic heterocycles. The smallest absolute Gasteiger partial charge is 0.494 e. The van der Waals surface area contributed by atoms with Gasteiger partial charge in [-0.3, -0.25) is 0 Å². The average molecular weight is 416 g/mol. The Morgan fingerprint density at radius 1 is 1.23 bits per heavy atom. The molecule has 1 aromatic carbocycles. The Kier molecular flexibility index (Phi) is 5.59. The van der Waals surface area contributed by atoms with Crippen LogP contribution in [0.15, 0.2) is 18.2 Å². The third-order valence-corrected chi connectivity index (χ3v) is 7.49. The fourth-order valence-corrected chi connectivity index (χ4v) is 4.54. The van der Waals surface area contributed by atoms with Gasteiger partial charge in [0.2, 0.25) is 0 Å². The minimum absolute atomic E-state index is 0.0158. The zero-order chi connectivity index (χ0) is 22.6. The van der Waals surface area contributed by atoms with Crippen LogP contribution in [0.1, 0.15) is 66.5 Å². The van der Waals surface area contributed by atoms with E-state index in [1.54, 1.807) is 13.8 Å². The molecule has 3 rings (SSSR count). The number of carbonyl (C=O) groups excluding carboxylic acids is 2. The van der Waals surface area contributed by atoms with Crippen molar-refractivity contribution in [1.82, 2.24) is 9.38 Å². The van der Waals surface area contributed by atoms with Gasteiger partial charge in [0.1, 0.15) is 11.8 Å². The minimum atomic E-state index is -1.21.